The zero-order chi connectivity index (χ0) is 33.3. The summed E-state index contributed by atoms with van der Waals surface area (Å²) >= 11 is 6.02. The number of nitrogens with one attached hydrogen (secondary N) is 1. The van der Waals surface area contributed by atoms with E-state index < -0.39 is 5.82 Å². The molecular weight excluding hydrogens is 631 g/mol. The van der Waals surface area contributed by atoms with E-state index in [1.165, 1.54) is 18.5 Å². The van der Waals surface area contributed by atoms with Crippen LogP contribution in [0.15, 0.2) is 79.3 Å². The first-order valence-corrected chi connectivity index (χ1v) is 16.3. The van der Waals surface area contributed by atoms with Gasteiger partial charge in [0.1, 0.15) is 24.6 Å². The van der Waals surface area contributed by atoms with Gasteiger partial charge >= 0.3 is 0 Å². The van der Waals surface area contributed by atoms with E-state index in [1.807, 2.05) is 50.6 Å². The summed E-state index contributed by atoms with van der Waals surface area (Å²) in [6, 6.07) is 20.5. The molecule has 0 aliphatic carbocycles. The Hall–Kier alpha value is -4.77. The molecule has 0 saturated carbocycles. The number of rotatable bonds is 13. The van der Waals surface area contributed by atoms with E-state index in [4.69, 9.17) is 25.8 Å². The van der Waals surface area contributed by atoms with Gasteiger partial charge in [-0.2, -0.15) is 0 Å². The van der Waals surface area contributed by atoms with Crippen molar-refractivity contribution in [3.8, 4) is 11.5 Å². The number of hydrogen-bond donors (Lipinski definition) is 1. The Bertz CT molecular complexity index is 1850. The van der Waals surface area contributed by atoms with Crippen LogP contribution in [-0.2, 0) is 11.3 Å². The number of halogens is 2. The average Bonchev–Trinajstić information content (AvgIpc) is 3.11. The van der Waals surface area contributed by atoms with Gasteiger partial charge in [0.15, 0.2) is 11.5 Å². The summed E-state index contributed by atoms with van der Waals surface area (Å²) < 4.78 is 31.8. The molecule has 0 atom stereocenters. The third-order valence-electron chi connectivity index (χ3n) is 7.96. The quantitative estimate of drug-likeness (QED) is 0.128. The number of ether oxygens (including phenoxy) is 3. The molecule has 2 aromatic heterocycles. The third-order valence-corrected chi connectivity index (χ3v) is 8.25. The molecule has 0 unspecified atom stereocenters. The van der Waals surface area contributed by atoms with Gasteiger partial charge < -0.3 is 24.4 Å². The normalized spacial score (nSPS) is 13.6. The van der Waals surface area contributed by atoms with Crippen molar-refractivity contribution < 1.29 is 18.6 Å². The first-order chi connectivity index (χ1) is 23.4. The molecule has 9 nitrogen and oxygen atoms in total. The Morgan fingerprint density at radius 3 is 2.44 bits per heavy atom. The number of anilines is 3. The van der Waals surface area contributed by atoms with Crippen molar-refractivity contribution in [3.05, 3.63) is 107 Å². The maximum Gasteiger partial charge on any atom is 0.163 e. The summed E-state index contributed by atoms with van der Waals surface area (Å²) in [6.07, 6.45) is 8.25. The number of pyridine rings is 1. The number of morpholine rings is 1. The number of aromatic nitrogens is 3. The molecule has 3 aromatic carbocycles. The minimum absolute atomic E-state index is 0.0194. The fourth-order valence-electron chi connectivity index (χ4n) is 5.24. The molecule has 48 heavy (non-hydrogen) atoms. The molecule has 1 fully saturated rings. The summed E-state index contributed by atoms with van der Waals surface area (Å²) in [5.41, 5.74) is 5.30. The van der Waals surface area contributed by atoms with Crippen LogP contribution in [0.2, 0.25) is 5.02 Å². The summed E-state index contributed by atoms with van der Waals surface area (Å²) in [7, 11) is 4.06. The summed E-state index contributed by atoms with van der Waals surface area (Å²) in [6.45, 7) is 5.03. The highest BCUT2D eigenvalue weighted by molar-refractivity contribution is 6.31. The van der Waals surface area contributed by atoms with Crippen LogP contribution in [-0.4, -0.2) is 73.4 Å². The molecule has 248 valence electrons. The molecular formula is C37H38ClFN6O3. The van der Waals surface area contributed by atoms with Gasteiger partial charge in [-0.3, -0.25) is 9.88 Å². The van der Waals surface area contributed by atoms with Crippen LogP contribution in [0.1, 0.15) is 23.2 Å². The van der Waals surface area contributed by atoms with Crippen molar-refractivity contribution in [2.75, 3.05) is 63.8 Å². The van der Waals surface area contributed by atoms with Crippen molar-refractivity contribution >= 4 is 51.8 Å². The molecule has 1 aliphatic rings. The van der Waals surface area contributed by atoms with E-state index in [0.717, 1.165) is 67.2 Å². The third kappa shape index (κ3) is 8.77. The minimum atomic E-state index is -0.490. The molecule has 0 radical (unpaired) electrons. The van der Waals surface area contributed by atoms with Crippen LogP contribution in [0.5, 0.6) is 11.5 Å². The summed E-state index contributed by atoms with van der Waals surface area (Å²) in [5, 5.41) is 3.97. The van der Waals surface area contributed by atoms with Crippen LogP contribution < -0.4 is 19.7 Å². The average molecular weight is 669 g/mol. The number of fused-ring (bicyclic) bond motifs is 1. The van der Waals surface area contributed by atoms with E-state index in [9.17, 15) is 4.39 Å². The van der Waals surface area contributed by atoms with Gasteiger partial charge in [-0.05, 0) is 60.0 Å². The second-order valence-corrected chi connectivity index (χ2v) is 12.0. The van der Waals surface area contributed by atoms with Crippen molar-refractivity contribution in [2.24, 2.45) is 0 Å². The molecule has 6 rings (SSSR count). The van der Waals surface area contributed by atoms with Crippen molar-refractivity contribution in [2.45, 2.75) is 13.0 Å². The smallest absolute Gasteiger partial charge is 0.163 e. The van der Waals surface area contributed by atoms with Crippen LogP contribution in [0.3, 0.4) is 0 Å². The van der Waals surface area contributed by atoms with Gasteiger partial charge in [-0.15, -0.1) is 0 Å². The number of nitrogens with zero attached hydrogens (tertiary/aromatic N) is 5. The Morgan fingerprint density at radius 1 is 0.917 bits per heavy atom. The highest BCUT2D eigenvalue weighted by atomic mass is 35.5. The lowest BCUT2D eigenvalue weighted by Crippen LogP contribution is -2.37. The second-order valence-electron chi connectivity index (χ2n) is 11.6. The van der Waals surface area contributed by atoms with Gasteiger partial charge in [0.05, 0.1) is 36.1 Å². The van der Waals surface area contributed by atoms with Crippen LogP contribution >= 0.6 is 11.6 Å². The Balaban J connectivity index is 1.17. The molecule has 5 aromatic rings. The van der Waals surface area contributed by atoms with Gasteiger partial charge in [0.2, 0.25) is 0 Å². The molecule has 1 aliphatic heterocycles. The monoisotopic (exact) mass is 668 g/mol. The zero-order valence-corrected chi connectivity index (χ0v) is 27.8. The van der Waals surface area contributed by atoms with Gasteiger partial charge in [0.25, 0.3) is 0 Å². The van der Waals surface area contributed by atoms with E-state index in [0.29, 0.717) is 35.1 Å². The van der Waals surface area contributed by atoms with E-state index in [-0.39, 0.29) is 11.6 Å². The van der Waals surface area contributed by atoms with E-state index in [1.54, 1.807) is 6.07 Å². The molecule has 0 spiro atoms. The molecule has 11 heteroatoms. The minimum Gasteiger partial charge on any atom is -0.490 e. The lowest BCUT2D eigenvalue weighted by Gasteiger charge is -2.26. The van der Waals surface area contributed by atoms with Crippen molar-refractivity contribution in [1.82, 2.24) is 19.9 Å². The first kappa shape index (κ1) is 33.1. The number of hydrogen-bond acceptors (Lipinski definition) is 9. The second kappa shape index (κ2) is 15.9. The summed E-state index contributed by atoms with van der Waals surface area (Å²) in [5.74, 6) is 1.16. The van der Waals surface area contributed by atoms with Crippen molar-refractivity contribution in [3.63, 3.8) is 0 Å². The largest absolute Gasteiger partial charge is 0.490 e. The highest BCUT2D eigenvalue weighted by Gasteiger charge is 2.15. The van der Waals surface area contributed by atoms with Crippen LogP contribution in [0.25, 0.3) is 23.1 Å². The standard InChI is InChI=1S/C37H38ClFN6O3/c1-44(2)30-11-7-26(8-12-30)4-5-27-6-9-29(40-23-27)24-48-36-22-34-31(21-35(36)47-17-3-14-45-15-18-46-19-16-45)37(42-25-41-34)43-28-10-13-33(39)32(38)20-28/h4-13,20-23,25H,3,14-19,24H2,1-2H3,(H,41,42,43)/b5-4+. The number of benzene rings is 3. The topological polar surface area (TPSA) is 84.9 Å². The Morgan fingerprint density at radius 2 is 1.69 bits per heavy atom. The first-order valence-electron chi connectivity index (χ1n) is 15.9. The maximum atomic E-state index is 13.8. The zero-order valence-electron chi connectivity index (χ0n) is 27.0. The Labute approximate surface area is 285 Å². The van der Waals surface area contributed by atoms with Gasteiger partial charge in [-0.25, -0.2) is 14.4 Å². The fourth-order valence-corrected chi connectivity index (χ4v) is 5.42. The lowest BCUT2D eigenvalue weighted by molar-refractivity contribution is 0.0357. The predicted octanol–water partition coefficient (Wildman–Crippen LogP) is 7.48. The molecule has 0 amide bonds. The molecule has 1 N–H and O–H groups in total. The van der Waals surface area contributed by atoms with Crippen molar-refractivity contribution in [1.29, 1.82) is 0 Å². The van der Waals surface area contributed by atoms with Crippen LogP contribution in [0, 0.1) is 5.82 Å². The molecule has 3 heterocycles. The predicted molar refractivity (Wildman–Crippen MR) is 190 cm³/mol. The van der Waals surface area contributed by atoms with Crippen LogP contribution in [0.4, 0.5) is 21.6 Å². The SMILES string of the molecule is CN(C)c1ccc(/C=C/c2ccc(COc3cc4ncnc(Nc5ccc(F)c(Cl)c5)c4cc3OCCCN3CCOCC3)nc2)cc1. The Kier molecular flexibility index (Phi) is 11.0. The lowest BCUT2D eigenvalue weighted by atomic mass is 10.1. The highest BCUT2D eigenvalue weighted by Crippen LogP contribution is 2.36. The van der Waals surface area contributed by atoms with E-state index in [2.05, 4.69) is 60.4 Å². The van der Waals surface area contributed by atoms with Gasteiger partial charge in [0, 0.05) is 62.8 Å². The van der Waals surface area contributed by atoms with E-state index >= 15 is 0 Å². The molecule has 1 saturated heterocycles. The molecule has 0 bridgehead atoms. The van der Waals surface area contributed by atoms with Gasteiger partial charge in [-0.1, -0.05) is 42.0 Å². The fraction of sp³-hybridized carbons (Fsp3) is 0.270. The maximum absolute atomic E-state index is 13.8. The summed E-state index contributed by atoms with van der Waals surface area (Å²) in [4.78, 5) is 18.0.